The first-order valence-electron chi connectivity index (χ1n) is 7.96. The van der Waals surface area contributed by atoms with Gasteiger partial charge < -0.3 is 14.6 Å². The lowest BCUT2D eigenvalue weighted by Crippen LogP contribution is -2.13. The molecule has 0 atom stereocenters. The molecule has 0 radical (unpaired) electrons. The maximum atomic E-state index is 13.8. The van der Waals surface area contributed by atoms with Crippen LogP contribution in [-0.4, -0.2) is 16.4 Å². The van der Waals surface area contributed by atoms with Gasteiger partial charge in [-0.2, -0.15) is 0 Å². The van der Waals surface area contributed by atoms with Crippen molar-refractivity contribution in [2.45, 2.75) is 20.4 Å². The minimum Gasteiger partial charge on any atom is -0.427 e. The molecule has 0 bridgehead atoms. The number of nitrogens with zero attached hydrogens (tertiary/aromatic N) is 1. The third-order valence-electron chi connectivity index (χ3n) is 3.88. The minimum atomic E-state index is -0.863. The number of aromatic nitrogens is 1. The monoisotopic (exact) mass is 358 g/mol. The van der Waals surface area contributed by atoms with Crippen molar-refractivity contribution in [1.82, 2.24) is 4.57 Å². The molecule has 0 saturated heterocycles. The highest BCUT2D eigenvalue weighted by Gasteiger charge is 2.17. The summed E-state index contributed by atoms with van der Waals surface area (Å²) >= 11 is 0. The van der Waals surface area contributed by atoms with Gasteiger partial charge in [0.15, 0.2) is 0 Å². The fourth-order valence-corrected chi connectivity index (χ4v) is 2.73. The van der Waals surface area contributed by atoms with Gasteiger partial charge in [-0.25, -0.2) is 8.78 Å². The van der Waals surface area contributed by atoms with Gasteiger partial charge in [-0.15, -0.1) is 0 Å². The van der Waals surface area contributed by atoms with Crippen LogP contribution >= 0.6 is 0 Å². The van der Waals surface area contributed by atoms with E-state index in [2.05, 4.69) is 5.32 Å². The molecule has 0 aliphatic carbocycles. The lowest BCUT2D eigenvalue weighted by Gasteiger charge is -2.06. The van der Waals surface area contributed by atoms with Gasteiger partial charge in [-0.1, -0.05) is 0 Å². The number of hydrogen-bond donors (Lipinski definition) is 1. The number of anilines is 1. The topological polar surface area (TPSA) is 60.3 Å². The summed E-state index contributed by atoms with van der Waals surface area (Å²) in [6, 6.07) is 7.88. The Morgan fingerprint density at radius 2 is 1.92 bits per heavy atom. The third-order valence-corrected chi connectivity index (χ3v) is 3.88. The second-order valence-electron chi connectivity index (χ2n) is 5.68. The van der Waals surface area contributed by atoms with Crippen LogP contribution in [0.3, 0.4) is 0 Å². The number of benzene rings is 2. The summed E-state index contributed by atoms with van der Waals surface area (Å²) in [6.45, 7) is 3.81. The van der Waals surface area contributed by atoms with Crippen LogP contribution in [0.25, 0.3) is 10.9 Å². The molecule has 2 aromatic carbocycles. The molecule has 3 aromatic rings. The van der Waals surface area contributed by atoms with Crippen LogP contribution in [0, 0.1) is 11.6 Å². The van der Waals surface area contributed by atoms with Crippen LogP contribution in [0.4, 0.5) is 14.5 Å². The maximum absolute atomic E-state index is 13.8. The predicted molar refractivity (Wildman–Crippen MR) is 93.2 cm³/mol. The summed E-state index contributed by atoms with van der Waals surface area (Å²) in [5.74, 6) is -2.31. The zero-order chi connectivity index (χ0) is 18.8. The van der Waals surface area contributed by atoms with Gasteiger partial charge in [0, 0.05) is 36.6 Å². The van der Waals surface area contributed by atoms with Gasteiger partial charge in [0.25, 0.3) is 5.91 Å². The van der Waals surface area contributed by atoms with E-state index in [9.17, 15) is 18.4 Å². The van der Waals surface area contributed by atoms with Crippen molar-refractivity contribution >= 4 is 28.5 Å². The van der Waals surface area contributed by atoms with Crippen molar-refractivity contribution in [1.29, 1.82) is 0 Å². The fourth-order valence-electron chi connectivity index (χ4n) is 2.73. The highest BCUT2D eigenvalue weighted by Crippen LogP contribution is 2.27. The van der Waals surface area contributed by atoms with E-state index >= 15 is 0 Å². The Kier molecular flexibility index (Phi) is 4.71. The Balaban J connectivity index is 2.01. The Morgan fingerprint density at radius 1 is 1.15 bits per heavy atom. The normalized spacial score (nSPS) is 10.8. The molecule has 0 aliphatic heterocycles. The molecule has 1 heterocycles. The molecule has 26 heavy (non-hydrogen) atoms. The summed E-state index contributed by atoms with van der Waals surface area (Å²) in [4.78, 5) is 23.8. The third kappa shape index (κ3) is 3.42. The van der Waals surface area contributed by atoms with Gasteiger partial charge >= 0.3 is 5.97 Å². The Bertz CT molecular complexity index is 1010. The van der Waals surface area contributed by atoms with Crippen molar-refractivity contribution in [2.75, 3.05) is 5.32 Å². The Morgan fingerprint density at radius 3 is 2.58 bits per heavy atom. The second-order valence-corrected chi connectivity index (χ2v) is 5.68. The molecule has 1 N–H and O–H groups in total. The first-order chi connectivity index (χ1) is 12.4. The van der Waals surface area contributed by atoms with Gasteiger partial charge in [-0.05, 0) is 37.3 Å². The van der Waals surface area contributed by atoms with E-state index in [0.717, 1.165) is 17.6 Å². The lowest BCUT2D eigenvalue weighted by molar-refractivity contribution is -0.131. The Hall–Kier alpha value is -3.22. The highest BCUT2D eigenvalue weighted by molar-refractivity contribution is 6.13. The van der Waals surface area contributed by atoms with Crippen LogP contribution in [-0.2, 0) is 11.3 Å². The summed E-state index contributed by atoms with van der Waals surface area (Å²) in [6.07, 6.45) is 1.64. The summed E-state index contributed by atoms with van der Waals surface area (Å²) in [7, 11) is 0. The lowest BCUT2D eigenvalue weighted by atomic mass is 10.1. The number of halogens is 2. The average Bonchev–Trinajstić information content (AvgIpc) is 2.95. The molecule has 0 aliphatic rings. The quantitative estimate of drug-likeness (QED) is 0.564. The van der Waals surface area contributed by atoms with E-state index in [4.69, 9.17) is 4.74 Å². The molecule has 0 spiro atoms. The molecule has 7 heteroatoms. The fraction of sp³-hybridized carbons (Fsp3) is 0.158. The number of rotatable bonds is 4. The first-order valence-corrected chi connectivity index (χ1v) is 7.96. The molecule has 3 rings (SSSR count). The summed E-state index contributed by atoms with van der Waals surface area (Å²) in [5, 5.41) is 3.00. The molecule has 1 aromatic heterocycles. The van der Waals surface area contributed by atoms with Crippen molar-refractivity contribution in [3.63, 3.8) is 0 Å². The number of amides is 1. The van der Waals surface area contributed by atoms with Crippen LogP contribution in [0.2, 0.25) is 0 Å². The SMILES string of the molecule is CCn1cc(C(=O)Nc2ccc(F)cc2F)c2cc(OC(C)=O)ccc21. The van der Waals surface area contributed by atoms with Crippen LogP contribution in [0.15, 0.2) is 42.6 Å². The van der Waals surface area contributed by atoms with Crippen LogP contribution in [0.1, 0.15) is 24.2 Å². The number of esters is 1. The minimum absolute atomic E-state index is 0.120. The summed E-state index contributed by atoms with van der Waals surface area (Å²) < 4.78 is 33.7. The largest absolute Gasteiger partial charge is 0.427 e. The zero-order valence-corrected chi connectivity index (χ0v) is 14.2. The van der Waals surface area contributed by atoms with E-state index in [0.29, 0.717) is 29.3 Å². The van der Waals surface area contributed by atoms with Crippen molar-refractivity contribution in [3.8, 4) is 5.75 Å². The van der Waals surface area contributed by atoms with Gasteiger partial charge in [0.1, 0.15) is 17.4 Å². The van der Waals surface area contributed by atoms with Gasteiger partial charge in [0.2, 0.25) is 0 Å². The summed E-state index contributed by atoms with van der Waals surface area (Å²) in [5.41, 5.74) is 0.942. The molecule has 0 fully saturated rings. The molecule has 1 amide bonds. The predicted octanol–water partition coefficient (Wildman–Crippen LogP) is 4.12. The zero-order valence-electron chi connectivity index (χ0n) is 14.2. The number of fused-ring (bicyclic) bond motifs is 1. The number of hydrogen-bond acceptors (Lipinski definition) is 3. The van der Waals surface area contributed by atoms with Crippen LogP contribution in [0.5, 0.6) is 5.75 Å². The van der Waals surface area contributed by atoms with Crippen LogP contribution < -0.4 is 10.1 Å². The first kappa shape index (κ1) is 17.6. The Labute approximate surface area is 148 Å². The number of carbonyl (C=O) groups is 2. The number of carbonyl (C=O) groups excluding carboxylic acids is 2. The molecule has 134 valence electrons. The van der Waals surface area contributed by atoms with E-state index in [1.807, 2.05) is 11.5 Å². The molecule has 0 unspecified atom stereocenters. The standard InChI is InChI=1S/C19H16F2N2O3/c1-3-23-10-15(14-9-13(26-11(2)24)5-7-18(14)23)19(25)22-17-6-4-12(20)8-16(17)21/h4-10H,3H2,1-2H3,(H,22,25). The molecule has 5 nitrogen and oxygen atoms in total. The van der Waals surface area contributed by atoms with Crippen molar-refractivity contribution in [2.24, 2.45) is 0 Å². The molecule has 0 saturated carbocycles. The number of nitrogens with one attached hydrogen (secondary N) is 1. The van der Waals surface area contributed by atoms with Gasteiger partial charge in [0.05, 0.1) is 11.3 Å². The highest BCUT2D eigenvalue weighted by atomic mass is 19.1. The van der Waals surface area contributed by atoms with E-state index in [1.54, 1.807) is 24.4 Å². The number of ether oxygens (including phenoxy) is 1. The molecular weight excluding hydrogens is 342 g/mol. The van der Waals surface area contributed by atoms with Crippen molar-refractivity contribution in [3.05, 3.63) is 59.8 Å². The van der Waals surface area contributed by atoms with Crippen molar-refractivity contribution < 1.29 is 23.1 Å². The maximum Gasteiger partial charge on any atom is 0.308 e. The van der Waals surface area contributed by atoms with Gasteiger partial charge in [-0.3, -0.25) is 9.59 Å². The van der Waals surface area contributed by atoms with E-state index in [1.165, 1.54) is 6.92 Å². The van der Waals surface area contributed by atoms with E-state index < -0.39 is 23.5 Å². The average molecular weight is 358 g/mol. The second kappa shape index (κ2) is 6.95. The molecular formula is C19H16F2N2O3. The van der Waals surface area contributed by atoms with E-state index in [-0.39, 0.29) is 5.69 Å². The number of aryl methyl sites for hydroxylation is 1. The smallest absolute Gasteiger partial charge is 0.308 e.